The minimum absolute atomic E-state index is 0.195. The van der Waals surface area contributed by atoms with Crippen LogP contribution in [0.4, 0.5) is 10.1 Å². The minimum atomic E-state index is -3.55. The quantitative estimate of drug-likeness (QED) is 0.683. The van der Waals surface area contributed by atoms with E-state index in [4.69, 9.17) is 9.15 Å². The fourth-order valence-electron chi connectivity index (χ4n) is 3.72. The first kappa shape index (κ1) is 20.2. The van der Waals surface area contributed by atoms with Crippen molar-refractivity contribution >= 4 is 32.6 Å². The average Bonchev–Trinajstić information content (AvgIpc) is 3.26. The number of fused-ring (bicyclic) bond motifs is 3. The summed E-state index contributed by atoms with van der Waals surface area (Å²) in [5.41, 5.74) is 2.25. The molecule has 1 amide bonds. The Kier molecular flexibility index (Phi) is 4.73. The van der Waals surface area contributed by atoms with Crippen LogP contribution in [0.25, 0.3) is 22.3 Å². The lowest BCUT2D eigenvalue weighted by atomic mass is 9.98. The van der Waals surface area contributed by atoms with Crippen LogP contribution in [-0.4, -0.2) is 40.8 Å². The van der Waals surface area contributed by atoms with Crippen LogP contribution in [0.2, 0.25) is 0 Å². The second-order valence-electron chi connectivity index (χ2n) is 7.33. The number of carbonyl (C=O) groups excluding carboxylic acids is 1. The number of ether oxygens (including phenoxy) is 1. The van der Waals surface area contributed by atoms with E-state index >= 15 is 0 Å². The Morgan fingerprint density at radius 3 is 2.53 bits per heavy atom. The summed E-state index contributed by atoms with van der Waals surface area (Å²) >= 11 is 0. The van der Waals surface area contributed by atoms with Crippen LogP contribution >= 0.6 is 0 Å². The zero-order valence-electron chi connectivity index (χ0n) is 16.9. The van der Waals surface area contributed by atoms with Gasteiger partial charge in [-0.15, -0.1) is 0 Å². The molecular formula is C21H21FN2O5S. The highest BCUT2D eigenvalue weighted by Gasteiger charge is 2.34. The van der Waals surface area contributed by atoms with Crippen LogP contribution in [0.15, 0.2) is 34.7 Å². The molecule has 158 valence electrons. The van der Waals surface area contributed by atoms with E-state index in [0.29, 0.717) is 45.5 Å². The van der Waals surface area contributed by atoms with E-state index in [2.05, 4.69) is 5.32 Å². The predicted molar refractivity (Wildman–Crippen MR) is 112 cm³/mol. The highest BCUT2D eigenvalue weighted by Crippen LogP contribution is 2.47. The summed E-state index contributed by atoms with van der Waals surface area (Å²) in [6.07, 6.45) is 1.40. The van der Waals surface area contributed by atoms with Gasteiger partial charge in [0.2, 0.25) is 10.0 Å². The number of carbonyl (C=O) groups is 1. The number of benzene rings is 2. The molecule has 2 aromatic carbocycles. The average molecular weight is 432 g/mol. The summed E-state index contributed by atoms with van der Waals surface area (Å²) in [5.74, 6) is -0.0691. The molecule has 9 heteroatoms. The second kappa shape index (κ2) is 7.02. The number of nitrogens with one attached hydrogen (secondary N) is 1. The van der Waals surface area contributed by atoms with Crippen molar-refractivity contribution in [3.8, 4) is 17.1 Å². The van der Waals surface area contributed by atoms with Gasteiger partial charge < -0.3 is 14.5 Å². The largest absolute Gasteiger partial charge is 0.488 e. The van der Waals surface area contributed by atoms with Crippen LogP contribution in [0.1, 0.15) is 22.8 Å². The third-order valence-corrected chi connectivity index (χ3v) is 6.41. The Morgan fingerprint density at radius 2 is 1.93 bits per heavy atom. The lowest BCUT2D eigenvalue weighted by molar-refractivity contribution is 0.0964. The Labute approximate surface area is 173 Å². The van der Waals surface area contributed by atoms with Crippen LogP contribution in [0.5, 0.6) is 5.75 Å². The number of amides is 1. The van der Waals surface area contributed by atoms with E-state index in [9.17, 15) is 17.6 Å². The van der Waals surface area contributed by atoms with Crippen molar-refractivity contribution in [2.24, 2.45) is 0 Å². The molecule has 0 spiro atoms. The highest BCUT2D eigenvalue weighted by atomic mass is 32.2. The van der Waals surface area contributed by atoms with E-state index in [1.807, 2.05) is 6.92 Å². The molecule has 4 rings (SSSR count). The lowest BCUT2D eigenvalue weighted by Gasteiger charge is -2.20. The first-order valence-corrected chi connectivity index (χ1v) is 11.2. The first-order chi connectivity index (χ1) is 14.1. The van der Waals surface area contributed by atoms with Gasteiger partial charge in [0.1, 0.15) is 29.0 Å². The summed E-state index contributed by atoms with van der Waals surface area (Å²) < 4.78 is 50.9. The number of hydrogen-bond acceptors (Lipinski definition) is 5. The number of hydrogen-bond donors (Lipinski definition) is 1. The molecule has 1 unspecified atom stereocenters. The van der Waals surface area contributed by atoms with Crippen molar-refractivity contribution in [2.75, 3.05) is 24.7 Å². The Morgan fingerprint density at radius 1 is 1.27 bits per heavy atom. The number of rotatable bonds is 4. The van der Waals surface area contributed by atoms with Crippen LogP contribution < -0.4 is 14.4 Å². The molecule has 0 fully saturated rings. The molecule has 0 aliphatic carbocycles. The molecule has 1 aliphatic rings. The van der Waals surface area contributed by atoms with Crippen molar-refractivity contribution in [3.05, 3.63) is 47.3 Å². The highest BCUT2D eigenvalue weighted by molar-refractivity contribution is 7.92. The summed E-state index contributed by atoms with van der Waals surface area (Å²) in [6, 6.07) is 7.20. The van der Waals surface area contributed by atoms with Gasteiger partial charge in [-0.2, -0.15) is 0 Å². The summed E-state index contributed by atoms with van der Waals surface area (Å²) in [5, 5.41) is 3.19. The van der Waals surface area contributed by atoms with Gasteiger partial charge in [-0.25, -0.2) is 12.8 Å². The maximum Gasteiger partial charge on any atom is 0.255 e. The SMILES string of the molecule is CNC(=O)c1c(-c2ccc(F)cc2)oc2cc(N(C)S(C)(=O)=O)c3c(c12)CC(C)O3. The van der Waals surface area contributed by atoms with Gasteiger partial charge in [0.25, 0.3) is 5.91 Å². The molecule has 30 heavy (non-hydrogen) atoms. The summed E-state index contributed by atoms with van der Waals surface area (Å²) in [7, 11) is -0.602. The fourth-order valence-corrected chi connectivity index (χ4v) is 4.22. The molecule has 0 saturated carbocycles. The Hall–Kier alpha value is -3.07. The van der Waals surface area contributed by atoms with E-state index < -0.39 is 15.8 Å². The molecule has 7 nitrogen and oxygen atoms in total. The van der Waals surface area contributed by atoms with Crippen molar-refractivity contribution < 1.29 is 26.8 Å². The van der Waals surface area contributed by atoms with Crippen LogP contribution in [-0.2, 0) is 16.4 Å². The van der Waals surface area contributed by atoms with Gasteiger partial charge in [0, 0.05) is 43.1 Å². The van der Waals surface area contributed by atoms with Gasteiger partial charge in [-0.3, -0.25) is 9.10 Å². The molecule has 0 radical (unpaired) electrons. The van der Waals surface area contributed by atoms with Gasteiger partial charge in [0.05, 0.1) is 17.5 Å². The molecule has 1 aromatic heterocycles. The van der Waals surface area contributed by atoms with Crippen LogP contribution in [0.3, 0.4) is 0 Å². The molecule has 0 saturated heterocycles. The van der Waals surface area contributed by atoms with Crippen molar-refractivity contribution in [1.29, 1.82) is 0 Å². The molecule has 3 aromatic rings. The van der Waals surface area contributed by atoms with Gasteiger partial charge in [-0.05, 0) is 31.2 Å². The van der Waals surface area contributed by atoms with Gasteiger partial charge in [-0.1, -0.05) is 0 Å². The third kappa shape index (κ3) is 3.19. The van der Waals surface area contributed by atoms with Crippen molar-refractivity contribution in [1.82, 2.24) is 5.32 Å². The summed E-state index contributed by atoms with van der Waals surface area (Å²) in [4.78, 5) is 12.8. The second-order valence-corrected chi connectivity index (χ2v) is 9.35. The molecule has 1 atom stereocenters. The minimum Gasteiger partial charge on any atom is -0.488 e. The van der Waals surface area contributed by atoms with Gasteiger partial charge >= 0.3 is 0 Å². The first-order valence-electron chi connectivity index (χ1n) is 9.32. The van der Waals surface area contributed by atoms with E-state index in [1.165, 1.54) is 38.4 Å². The normalized spacial score (nSPS) is 15.7. The molecule has 2 heterocycles. The standard InChI is InChI=1S/C21H21FN2O5S/c1-11-9-14-17-16(10-15(20(14)28-11)24(3)30(4,26)27)29-19(18(17)21(25)23-2)12-5-7-13(22)8-6-12/h5-8,10-11H,9H2,1-4H3,(H,23,25). The zero-order chi connectivity index (χ0) is 21.8. The van der Waals surface area contributed by atoms with Crippen molar-refractivity contribution in [2.45, 2.75) is 19.4 Å². The Balaban J connectivity index is 2.08. The maximum atomic E-state index is 13.4. The molecule has 0 bridgehead atoms. The number of sulfonamides is 1. The number of furan rings is 1. The number of halogens is 1. The van der Waals surface area contributed by atoms with Crippen molar-refractivity contribution in [3.63, 3.8) is 0 Å². The topological polar surface area (TPSA) is 88.9 Å². The predicted octanol–water partition coefficient (Wildman–Crippen LogP) is 3.32. The number of nitrogens with zero attached hydrogens (tertiary/aromatic N) is 1. The Bertz CT molecular complexity index is 1270. The van der Waals surface area contributed by atoms with E-state index in [0.717, 1.165) is 10.6 Å². The smallest absolute Gasteiger partial charge is 0.255 e. The molecular weight excluding hydrogens is 411 g/mol. The fraction of sp³-hybridized carbons (Fsp3) is 0.286. The van der Waals surface area contributed by atoms with Crippen LogP contribution in [0, 0.1) is 5.82 Å². The zero-order valence-corrected chi connectivity index (χ0v) is 17.8. The number of anilines is 1. The molecule has 1 aliphatic heterocycles. The third-order valence-electron chi connectivity index (χ3n) is 5.22. The van der Waals surface area contributed by atoms with E-state index in [-0.39, 0.29) is 17.8 Å². The monoisotopic (exact) mass is 432 g/mol. The lowest BCUT2D eigenvalue weighted by Crippen LogP contribution is -2.25. The van der Waals surface area contributed by atoms with Gasteiger partial charge in [0.15, 0.2) is 0 Å². The molecule has 1 N–H and O–H groups in total. The maximum absolute atomic E-state index is 13.4. The summed E-state index contributed by atoms with van der Waals surface area (Å²) in [6.45, 7) is 1.87. The van der Waals surface area contributed by atoms with E-state index in [1.54, 1.807) is 6.07 Å².